The second kappa shape index (κ2) is 13.0. The summed E-state index contributed by atoms with van der Waals surface area (Å²) in [4.78, 5) is 14.4. The normalized spacial score (nSPS) is 12.0. The number of aliphatic hydroxyl groups excluding tert-OH is 1. The number of ether oxygens (including phenoxy) is 2. The maximum Gasteiger partial charge on any atom is 0.194 e. The highest BCUT2D eigenvalue weighted by Gasteiger charge is 2.14. The summed E-state index contributed by atoms with van der Waals surface area (Å²) in [5.74, 6) is 2.76. The van der Waals surface area contributed by atoms with Crippen molar-refractivity contribution in [2.24, 2.45) is 4.99 Å². The predicted octanol–water partition coefficient (Wildman–Crippen LogP) is 3.84. The van der Waals surface area contributed by atoms with E-state index in [0.717, 1.165) is 17.1 Å². The molecule has 1 aromatic heterocycles. The van der Waals surface area contributed by atoms with Crippen LogP contribution in [-0.4, -0.2) is 60.3 Å². The Morgan fingerprint density at radius 2 is 1.82 bits per heavy atom. The fraction of sp³-hybridized carbons (Fsp3) is 0.333. The molecule has 3 aromatic rings. The number of methoxy groups -OCH3 is 2. The van der Waals surface area contributed by atoms with Gasteiger partial charge in [0, 0.05) is 19.7 Å². The van der Waals surface area contributed by atoms with Crippen LogP contribution >= 0.6 is 24.0 Å². The molecule has 0 saturated heterocycles. The van der Waals surface area contributed by atoms with Crippen LogP contribution in [0.5, 0.6) is 11.5 Å². The van der Waals surface area contributed by atoms with Gasteiger partial charge in [-0.05, 0) is 30.2 Å². The lowest BCUT2D eigenvalue weighted by Gasteiger charge is -2.21. The molecule has 1 atom stereocenters. The van der Waals surface area contributed by atoms with Gasteiger partial charge >= 0.3 is 0 Å². The third-order valence-electron chi connectivity index (χ3n) is 4.97. The number of rotatable bonds is 9. The molecule has 1 heterocycles. The lowest BCUT2D eigenvalue weighted by atomic mass is 10.1. The Labute approximate surface area is 212 Å². The monoisotopic (exact) mass is 565 g/mol. The summed E-state index contributed by atoms with van der Waals surface area (Å²) in [6.45, 7) is 3.45. The van der Waals surface area contributed by atoms with Crippen molar-refractivity contribution in [1.29, 1.82) is 0 Å². The molecule has 0 fully saturated rings. The summed E-state index contributed by atoms with van der Waals surface area (Å²) in [7, 11) is 5.10. The van der Waals surface area contributed by atoms with Gasteiger partial charge in [0.05, 0.1) is 45.3 Å². The number of hydrogen-bond donors (Lipinski definition) is 3. The molecule has 0 saturated carbocycles. The molecule has 0 bridgehead atoms. The van der Waals surface area contributed by atoms with Crippen molar-refractivity contribution in [3.05, 3.63) is 66.1 Å². The van der Waals surface area contributed by atoms with Gasteiger partial charge in [-0.25, -0.2) is 4.98 Å². The van der Waals surface area contributed by atoms with E-state index < -0.39 is 6.10 Å². The average Bonchev–Trinajstić information content (AvgIpc) is 3.30. The highest BCUT2D eigenvalue weighted by molar-refractivity contribution is 14.0. The summed E-state index contributed by atoms with van der Waals surface area (Å²) in [5.41, 5.74) is 2.74. The van der Waals surface area contributed by atoms with Gasteiger partial charge in [0.2, 0.25) is 0 Å². The number of benzene rings is 2. The molecule has 178 valence electrons. The van der Waals surface area contributed by atoms with Crippen molar-refractivity contribution in [3.63, 3.8) is 0 Å². The first-order valence-corrected chi connectivity index (χ1v) is 10.5. The number of nitrogens with one attached hydrogen (secondary N) is 2. The van der Waals surface area contributed by atoms with E-state index in [4.69, 9.17) is 9.47 Å². The maximum atomic E-state index is 10.7. The van der Waals surface area contributed by atoms with Crippen molar-refractivity contribution in [1.82, 2.24) is 20.2 Å². The van der Waals surface area contributed by atoms with Crippen LogP contribution in [0.1, 0.15) is 24.4 Å². The van der Waals surface area contributed by atoms with Gasteiger partial charge in [-0.15, -0.1) is 24.0 Å². The average molecular weight is 565 g/mol. The molecule has 33 heavy (non-hydrogen) atoms. The summed E-state index contributed by atoms with van der Waals surface area (Å²) in [5, 5.41) is 14.0. The van der Waals surface area contributed by atoms with Gasteiger partial charge in [-0.1, -0.05) is 30.3 Å². The zero-order valence-electron chi connectivity index (χ0n) is 19.4. The van der Waals surface area contributed by atoms with E-state index in [0.29, 0.717) is 36.1 Å². The molecule has 0 aliphatic heterocycles. The molecule has 0 aliphatic rings. The van der Waals surface area contributed by atoms with Gasteiger partial charge in [0.1, 0.15) is 17.3 Å². The van der Waals surface area contributed by atoms with Crippen molar-refractivity contribution in [2.75, 3.05) is 34.4 Å². The van der Waals surface area contributed by atoms with Gasteiger partial charge in [0.25, 0.3) is 0 Å². The number of aliphatic imine (C=N–C) groups is 1. The number of nitrogens with zero attached hydrogens (tertiary/aromatic N) is 3. The van der Waals surface area contributed by atoms with E-state index in [1.165, 1.54) is 0 Å². The number of guanidine groups is 1. The zero-order chi connectivity index (χ0) is 22.9. The number of hydrogen-bond acceptors (Lipinski definition) is 5. The zero-order valence-corrected chi connectivity index (χ0v) is 21.7. The lowest BCUT2D eigenvalue weighted by molar-refractivity contribution is 0.185. The third kappa shape index (κ3) is 7.36. The van der Waals surface area contributed by atoms with Crippen LogP contribution in [0.15, 0.2) is 59.7 Å². The molecule has 0 radical (unpaired) electrons. The molecule has 1 unspecified atom stereocenters. The van der Waals surface area contributed by atoms with Crippen LogP contribution in [0.25, 0.3) is 11.3 Å². The van der Waals surface area contributed by atoms with E-state index in [1.54, 1.807) is 32.4 Å². The van der Waals surface area contributed by atoms with Crippen LogP contribution in [0.2, 0.25) is 0 Å². The van der Waals surface area contributed by atoms with Crippen LogP contribution in [0.4, 0.5) is 0 Å². The SMILES string of the molecule is CCNC(=NCC(O)c1cc(OC)cc(OC)c1)N(C)Cc1ncc(-c2ccccc2)[nH]1.I. The summed E-state index contributed by atoms with van der Waals surface area (Å²) >= 11 is 0. The molecule has 9 heteroatoms. The molecule has 0 aliphatic carbocycles. The Bertz CT molecular complexity index is 1000. The number of aromatic amines is 1. The fourth-order valence-electron chi connectivity index (χ4n) is 3.28. The number of aliphatic hydroxyl groups is 1. The maximum absolute atomic E-state index is 10.7. The Balaban J connectivity index is 0.00000385. The highest BCUT2D eigenvalue weighted by Crippen LogP contribution is 2.26. The van der Waals surface area contributed by atoms with Crippen molar-refractivity contribution < 1.29 is 14.6 Å². The van der Waals surface area contributed by atoms with Gasteiger partial charge in [-0.3, -0.25) is 4.99 Å². The minimum atomic E-state index is -0.797. The van der Waals surface area contributed by atoms with Crippen LogP contribution in [-0.2, 0) is 6.54 Å². The Morgan fingerprint density at radius 3 is 2.42 bits per heavy atom. The second-order valence-corrected chi connectivity index (χ2v) is 7.32. The largest absolute Gasteiger partial charge is 0.497 e. The molecular weight excluding hydrogens is 533 g/mol. The smallest absolute Gasteiger partial charge is 0.194 e. The number of imidazole rings is 1. The minimum Gasteiger partial charge on any atom is -0.497 e. The van der Waals surface area contributed by atoms with Crippen molar-refractivity contribution in [2.45, 2.75) is 19.6 Å². The fourth-order valence-corrected chi connectivity index (χ4v) is 3.28. The van der Waals surface area contributed by atoms with Gasteiger partial charge in [-0.2, -0.15) is 0 Å². The number of aromatic nitrogens is 2. The standard InChI is InChI=1S/C24H31N5O3.HI/c1-5-25-24(27-15-22(30)18-11-19(31-3)13-20(12-18)32-4)29(2)16-23-26-14-21(28-23)17-9-7-6-8-10-17;/h6-14,22,30H,5,15-16H2,1-4H3,(H,25,27)(H,26,28);1H. The minimum absolute atomic E-state index is 0. The molecular formula is C24H32IN5O3. The second-order valence-electron chi connectivity index (χ2n) is 7.32. The van der Waals surface area contributed by atoms with E-state index in [-0.39, 0.29) is 30.5 Å². The van der Waals surface area contributed by atoms with Gasteiger partial charge < -0.3 is 29.8 Å². The first-order chi connectivity index (χ1) is 15.5. The first kappa shape index (κ1) is 26.5. The summed E-state index contributed by atoms with van der Waals surface area (Å²) in [6, 6.07) is 15.4. The van der Waals surface area contributed by atoms with Crippen molar-refractivity contribution >= 4 is 29.9 Å². The molecule has 3 N–H and O–H groups in total. The third-order valence-corrected chi connectivity index (χ3v) is 4.97. The van der Waals surface area contributed by atoms with Gasteiger partial charge in [0.15, 0.2) is 5.96 Å². The van der Waals surface area contributed by atoms with Crippen molar-refractivity contribution in [3.8, 4) is 22.8 Å². The highest BCUT2D eigenvalue weighted by atomic mass is 127. The Kier molecular flexibility index (Phi) is 10.5. The van der Waals surface area contributed by atoms with Crippen LogP contribution in [0.3, 0.4) is 0 Å². The summed E-state index contributed by atoms with van der Waals surface area (Å²) in [6.07, 6.45) is 1.04. The molecule has 2 aromatic carbocycles. The van der Waals surface area contributed by atoms with E-state index in [9.17, 15) is 5.11 Å². The Hall–Kier alpha value is -2.79. The molecule has 3 rings (SSSR count). The topological polar surface area (TPSA) is 95.0 Å². The Morgan fingerprint density at radius 1 is 1.15 bits per heavy atom. The molecule has 0 spiro atoms. The number of H-pyrrole nitrogens is 1. The number of halogens is 1. The van der Waals surface area contributed by atoms with Crippen LogP contribution in [0, 0.1) is 0 Å². The molecule has 8 nitrogen and oxygen atoms in total. The van der Waals surface area contributed by atoms with E-state index in [2.05, 4.69) is 20.3 Å². The van der Waals surface area contributed by atoms with E-state index in [1.807, 2.05) is 55.4 Å². The first-order valence-electron chi connectivity index (χ1n) is 10.5. The predicted molar refractivity (Wildman–Crippen MR) is 141 cm³/mol. The van der Waals surface area contributed by atoms with E-state index >= 15 is 0 Å². The lowest BCUT2D eigenvalue weighted by Crippen LogP contribution is -2.39. The van der Waals surface area contributed by atoms with Crippen LogP contribution < -0.4 is 14.8 Å². The molecule has 0 amide bonds. The quantitative estimate of drug-likeness (QED) is 0.208. The summed E-state index contributed by atoms with van der Waals surface area (Å²) < 4.78 is 10.6.